The Bertz CT molecular complexity index is 1490. The van der Waals surface area contributed by atoms with Gasteiger partial charge in [-0.25, -0.2) is 18.0 Å². The number of rotatable bonds is 6. The zero-order valence-corrected chi connectivity index (χ0v) is 26.6. The van der Waals surface area contributed by atoms with Crippen LogP contribution in [0.25, 0.3) is 0 Å². The van der Waals surface area contributed by atoms with Gasteiger partial charge in [0.25, 0.3) is 5.91 Å². The van der Waals surface area contributed by atoms with Gasteiger partial charge < -0.3 is 19.9 Å². The van der Waals surface area contributed by atoms with Crippen molar-refractivity contribution in [3.05, 3.63) is 47.5 Å². The van der Waals surface area contributed by atoms with Gasteiger partial charge in [0.2, 0.25) is 15.9 Å². The van der Waals surface area contributed by atoms with Crippen LogP contribution in [-0.2, 0) is 43.9 Å². The second-order valence-corrected chi connectivity index (χ2v) is 15.2. The highest BCUT2D eigenvalue weighted by molar-refractivity contribution is 7.91. The molecule has 12 nitrogen and oxygen atoms in total. The largest absolute Gasteiger partial charge is 0.444 e. The van der Waals surface area contributed by atoms with Gasteiger partial charge in [-0.05, 0) is 55.2 Å². The molecular weight excluding hydrogens is 598 g/mol. The summed E-state index contributed by atoms with van der Waals surface area (Å²) in [7, 11) is -2.14. The maximum atomic E-state index is 13.9. The highest BCUT2D eigenvalue weighted by Crippen LogP contribution is 2.45. The highest BCUT2D eigenvalue weighted by Gasteiger charge is 2.62. The lowest BCUT2D eigenvalue weighted by Gasteiger charge is -2.30. The van der Waals surface area contributed by atoms with Crippen LogP contribution in [0.1, 0.15) is 74.5 Å². The van der Waals surface area contributed by atoms with E-state index in [1.54, 1.807) is 16.8 Å². The molecule has 1 aromatic rings. The maximum Gasteiger partial charge on any atom is 0.410 e. The van der Waals surface area contributed by atoms with Gasteiger partial charge in [-0.15, -0.1) is 6.58 Å². The van der Waals surface area contributed by atoms with Gasteiger partial charge in [-0.1, -0.05) is 43.5 Å². The normalized spacial score (nSPS) is 29.0. The fourth-order valence-corrected chi connectivity index (χ4v) is 8.31. The van der Waals surface area contributed by atoms with E-state index < -0.39 is 56.8 Å². The Labute approximate surface area is 264 Å². The van der Waals surface area contributed by atoms with Crippen LogP contribution in [0, 0.1) is 5.92 Å². The first-order valence-electron chi connectivity index (χ1n) is 16.1. The zero-order valence-electron chi connectivity index (χ0n) is 25.8. The van der Waals surface area contributed by atoms with Gasteiger partial charge in [0.05, 0.1) is 11.8 Å². The summed E-state index contributed by atoms with van der Waals surface area (Å²) in [5.74, 6) is -1.85. The van der Waals surface area contributed by atoms with E-state index in [1.807, 2.05) is 12.1 Å². The second-order valence-electron chi connectivity index (χ2n) is 13.2. The Morgan fingerprint density at radius 3 is 2.53 bits per heavy atom. The van der Waals surface area contributed by atoms with E-state index >= 15 is 0 Å². The van der Waals surface area contributed by atoms with Crippen LogP contribution in [0.5, 0.6) is 0 Å². The number of ether oxygens (including phenoxy) is 1. The summed E-state index contributed by atoms with van der Waals surface area (Å²) in [5.41, 5.74) is 2.07. The number of benzene rings is 1. The molecule has 13 heteroatoms. The van der Waals surface area contributed by atoms with Crippen molar-refractivity contribution in [1.82, 2.24) is 24.7 Å². The van der Waals surface area contributed by atoms with Crippen molar-refractivity contribution in [3.8, 4) is 0 Å². The number of fused-ring (bicyclic) bond motifs is 3. The van der Waals surface area contributed by atoms with Gasteiger partial charge in [-0.2, -0.15) is 0 Å². The Balaban J connectivity index is 1.20. The molecule has 4 atom stereocenters. The molecule has 2 N–H and O–H groups in total. The predicted octanol–water partition coefficient (Wildman–Crippen LogP) is 2.81. The summed E-state index contributed by atoms with van der Waals surface area (Å²) in [5, 5.41) is 2.18. The summed E-state index contributed by atoms with van der Waals surface area (Å²) in [6.07, 6.45) is 7.47. The number of aryl methyl sites for hydroxylation is 1. The van der Waals surface area contributed by atoms with Gasteiger partial charge in [0, 0.05) is 39.0 Å². The molecule has 6 rings (SSSR count). The van der Waals surface area contributed by atoms with Crippen LogP contribution in [0.15, 0.2) is 30.9 Å². The summed E-state index contributed by atoms with van der Waals surface area (Å²) in [6, 6.07) is 4.83. The van der Waals surface area contributed by atoms with Gasteiger partial charge >= 0.3 is 12.1 Å². The molecule has 2 saturated carbocycles. The molecule has 0 aromatic heterocycles. The molecule has 0 radical (unpaired) electrons. The van der Waals surface area contributed by atoms with Crippen LogP contribution in [0.3, 0.4) is 0 Å². The van der Waals surface area contributed by atoms with E-state index in [0.29, 0.717) is 32.5 Å². The molecule has 45 heavy (non-hydrogen) atoms. The molecule has 3 aliphatic heterocycles. The SMILES string of the molecule is C=C[C@@H]1C[C@]1(NC(=O)[C@@H]1C[C@@H]2CN1C(=O)N(C)CCCCCCCc1cccc3c1CN(C3)C(=O)O2)C(=O)NS(=O)(=O)C1CC1. The molecular formula is C32H43N5O7S. The van der Waals surface area contributed by atoms with Crippen molar-refractivity contribution >= 4 is 34.0 Å². The van der Waals surface area contributed by atoms with E-state index in [2.05, 4.69) is 22.7 Å². The van der Waals surface area contributed by atoms with E-state index in [0.717, 1.165) is 44.1 Å². The minimum absolute atomic E-state index is 0.0270. The number of carbonyl (C=O) groups excluding carboxylic acids is 4. The van der Waals surface area contributed by atoms with Crippen molar-refractivity contribution in [2.24, 2.45) is 5.92 Å². The van der Waals surface area contributed by atoms with Crippen molar-refractivity contribution in [2.75, 3.05) is 20.1 Å². The maximum absolute atomic E-state index is 13.9. The number of hydrogen-bond acceptors (Lipinski definition) is 7. The fraction of sp³-hybridized carbons (Fsp3) is 0.625. The zero-order chi connectivity index (χ0) is 31.9. The Hall–Kier alpha value is -3.61. The van der Waals surface area contributed by atoms with E-state index in [-0.39, 0.29) is 25.4 Å². The van der Waals surface area contributed by atoms with Gasteiger partial charge in [-0.3, -0.25) is 19.2 Å². The second kappa shape index (κ2) is 12.3. The van der Waals surface area contributed by atoms with Crippen molar-refractivity contribution in [2.45, 2.75) is 100 Å². The Kier molecular flexibility index (Phi) is 8.57. The van der Waals surface area contributed by atoms with E-state index in [4.69, 9.17) is 4.74 Å². The number of nitrogens with zero attached hydrogens (tertiary/aromatic N) is 3. The number of hydrogen-bond donors (Lipinski definition) is 2. The van der Waals surface area contributed by atoms with E-state index in [1.165, 1.54) is 22.1 Å². The van der Waals surface area contributed by atoms with Crippen LogP contribution in [0.2, 0.25) is 0 Å². The van der Waals surface area contributed by atoms with E-state index in [9.17, 15) is 27.6 Å². The lowest BCUT2D eigenvalue weighted by atomic mass is 9.98. The molecule has 5 amide bonds. The summed E-state index contributed by atoms with van der Waals surface area (Å²) < 4.78 is 33.1. The van der Waals surface area contributed by atoms with Gasteiger partial charge in [0.15, 0.2) is 0 Å². The molecule has 0 spiro atoms. The molecule has 2 aliphatic carbocycles. The molecule has 4 bridgehead atoms. The minimum atomic E-state index is -3.83. The molecule has 1 saturated heterocycles. The Morgan fingerprint density at radius 2 is 1.80 bits per heavy atom. The molecule has 0 unspecified atom stereocenters. The quantitative estimate of drug-likeness (QED) is 0.455. The molecule has 5 aliphatic rings. The number of amides is 5. The molecule has 3 fully saturated rings. The lowest BCUT2D eigenvalue weighted by molar-refractivity contribution is -0.131. The number of nitrogens with one attached hydrogen (secondary N) is 2. The summed E-state index contributed by atoms with van der Waals surface area (Å²) >= 11 is 0. The van der Waals surface area contributed by atoms with Crippen molar-refractivity contribution in [3.63, 3.8) is 0 Å². The topological polar surface area (TPSA) is 145 Å². The van der Waals surface area contributed by atoms with Crippen molar-refractivity contribution in [1.29, 1.82) is 0 Å². The van der Waals surface area contributed by atoms with Crippen LogP contribution < -0.4 is 10.0 Å². The first kappa shape index (κ1) is 31.4. The van der Waals surface area contributed by atoms with Crippen LogP contribution >= 0.6 is 0 Å². The number of carbonyl (C=O) groups is 4. The first-order chi connectivity index (χ1) is 21.5. The van der Waals surface area contributed by atoms with Crippen LogP contribution in [-0.4, -0.2) is 90.1 Å². The first-order valence-corrected chi connectivity index (χ1v) is 17.6. The Morgan fingerprint density at radius 1 is 1.07 bits per heavy atom. The summed E-state index contributed by atoms with van der Waals surface area (Å²) in [6.45, 7) is 5.18. The third kappa shape index (κ3) is 6.41. The minimum Gasteiger partial charge on any atom is -0.444 e. The lowest BCUT2D eigenvalue weighted by Crippen LogP contribution is -2.57. The average molecular weight is 642 g/mol. The standard InChI is InChI=1S/C32H43N5O7S/c1-3-23-17-32(23,29(39)34-45(42,43)25-13-14-25)33-28(38)27-16-24-19-37(27)30(40)35(2)15-8-6-4-5-7-10-21-11-9-12-22-18-36(20-26(21)22)31(41)44-24/h3,9,11-12,23-25,27H,1,4-8,10,13-20H2,2H3,(H,33,38)(H,34,39)/t23-,24-,27+,32-/m1/s1. The molecule has 244 valence electrons. The van der Waals surface area contributed by atoms with Gasteiger partial charge in [0.1, 0.15) is 17.7 Å². The fourth-order valence-electron chi connectivity index (χ4n) is 6.94. The number of urea groups is 1. The monoisotopic (exact) mass is 641 g/mol. The van der Waals surface area contributed by atoms with Crippen LogP contribution in [0.4, 0.5) is 9.59 Å². The molecule has 1 aromatic carbocycles. The predicted molar refractivity (Wildman–Crippen MR) is 165 cm³/mol. The average Bonchev–Trinajstić information content (AvgIpc) is 3.90. The third-order valence-corrected chi connectivity index (χ3v) is 11.8. The highest BCUT2D eigenvalue weighted by atomic mass is 32.2. The van der Waals surface area contributed by atoms with Crippen molar-refractivity contribution < 1.29 is 32.3 Å². The third-order valence-electron chi connectivity index (χ3n) is 9.93. The summed E-state index contributed by atoms with van der Waals surface area (Å²) in [4.78, 5) is 58.8. The molecule has 3 heterocycles. The smallest absolute Gasteiger partial charge is 0.410 e. The number of sulfonamides is 1.